The van der Waals surface area contributed by atoms with Crippen molar-refractivity contribution in [3.63, 3.8) is 0 Å². The lowest BCUT2D eigenvalue weighted by Crippen LogP contribution is -2.71. The number of halogens is 1. The van der Waals surface area contributed by atoms with Crippen molar-refractivity contribution < 1.29 is 33.1 Å². The summed E-state index contributed by atoms with van der Waals surface area (Å²) < 4.78 is 16.0. The van der Waals surface area contributed by atoms with Gasteiger partial charge < -0.3 is 25.8 Å². The van der Waals surface area contributed by atoms with Crippen molar-refractivity contribution in [3.8, 4) is 6.07 Å². The number of rotatable bonds is 9. The van der Waals surface area contributed by atoms with Crippen molar-refractivity contribution >= 4 is 57.4 Å². The molecule has 39 heavy (non-hydrogen) atoms. The Morgan fingerprint density at radius 3 is 2.95 bits per heavy atom. The smallest absolute Gasteiger partial charge is 0.286 e. The predicted molar refractivity (Wildman–Crippen MR) is 134 cm³/mol. The van der Waals surface area contributed by atoms with Crippen LogP contribution in [0.3, 0.4) is 0 Å². The molecule has 200 valence electrons. The first-order valence-electron chi connectivity index (χ1n) is 11.4. The summed E-state index contributed by atoms with van der Waals surface area (Å²) in [6, 6.07) is 4.40. The quantitative estimate of drug-likeness (QED) is 0.106. The molecule has 0 aliphatic carbocycles. The van der Waals surface area contributed by atoms with E-state index in [-0.39, 0.29) is 41.1 Å². The van der Waals surface area contributed by atoms with Gasteiger partial charge in [-0.05, 0) is 6.07 Å². The molecular weight excluding hydrogens is 551 g/mol. The molecular formula is C23H19FN8O5S2. The number of imidazole rings is 1. The van der Waals surface area contributed by atoms with E-state index in [2.05, 4.69) is 21.5 Å². The van der Waals surface area contributed by atoms with Gasteiger partial charge in [0.25, 0.3) is 17.5 Å². The minimum atomic E-state index is -1.51. The Morgan fingerprint density at radius 1 is 1.44 bits per heavy atom. The van der Waals surface area contributed by atoms with Gasteiger partial charge in [-0.15, -0.1) is 23.1 Å². The van der Waals surface area contributed by atoms with Crippen LogP contribution in [0.15, 0.2) is 52.5 Å². The molecule has 2 aliphatic rings. The van der Waals surface area contributed by atoms with Crippen molar-refractivity contribution in [2.75, 3.05) is 24.8 Å². The molecule has 5 rings (SSSR count). The van der Waals surface area contributed by atoms with E-state index in [4.69, 9.17) is 15.8 Å². The number of anilines is 1. The minimum Gasteiger partial charge on any atom is -0.543 e. The van der Waals surface area contributed by atoms with E-state index in [1.807, 2.05) is 0 Å². The number of aromatic nitrogens is 3. The predicted octanol–water partition coefficient (Wildman–Crippen LogP) is -1.07. The number of thiazole rings is 1. The van der Waals surface area contributed by atoms with Crippen LogP contribution in [0.2, 0.25) is 0 Å². The number of hydrogen-bond donors (Lipinski definition) is 2. The molecule has 13 nitrogen and oxygen atoms in total. The van der Waals surface area contributed by atoms with Gasteiger partial charge in [-0.25, -0.2) is 18.3 Å². The second kappa shape index (κ2) is 10.7. The van der Waals surface area contributed by atoms with Crippen LogP contribution in [-0.2, 0) is 25.8 Å². The largest absolute Gasteiger partial charge is 0.543 e. The molecule has 2 amide bonds. The van der Waals surface area contributed by atoms with Crippen molar-refractivity contribution in [1.82, 2.24) is 19.8 Å². The molecule has 0 spiro atoms. The number of nitriles is 1. The number of nitrogen functional groups attached to an aromatic ring is 1. The monoisotopic (exact) mass is 570 g/mol. The summed E-state index contributed by atoms with van der Waals surface area (Å²) in [4.78, 5) is 48.1. The maximum Gasteiger partial charge on any atom is 0.286 e. The first kappa shape index (κ1) is 26.1. The third-order valence-electron chi connectivity index (χ3n) is 5.98. The van der Waals surface area contributed by atoms with Crippen molar-refractivity contribution in [2.24, 2.45) is 5.16 Å². The number of pyridine rings is 1. The number of amides is 2. The highest BCUT2D eigenvalue weighted by molar-refractivity contribution is 8.00. The highest BCUT2D eigenvalue weighted by Gasteiger charge is 2.53. The van der Waals surface area contributed by atoms with E-state index in [0.717, 1.165) is 21.9 Å². The van der Waals surface area contributed by atoms with Gasteiger partial charge in [-0.2, -0.15) is 5.26 Å². The third kappa shape index (κ3) is 4.89. The summed E-state index contributed by atoms with van der Waals surface area (Å²) in [5.41, 5.74) is 6.83. The van der Waals surface area contributed by atoms with E-state index in [1.54, 1.807) is 39.7 Å². The molecule has 3 aromatic heterocycles. The SMILES string of the molecule is N#Cc1ccc2n(CC3=C(C(=O)[O-])N4C(=O)[C@@H](NC(=O)/C(=N\OCCF)c5csc(N)n5)[C@@H]4SC3)cc[n+]2c1. The number of alkyl halides is 1. The van der Waals surface area contributed by atoms with Gasteiger partial charge in [0, 0.05) is 22.8 Å². The normalized spacial score (nSPS) is 18.9. The molecule has 0 radical (unpaired) electrons. The molecule has 5 heterocycles. The van der Waals surface area contributed by atoms with Crippen LogP contribution in [0, 0.1) is 11.3 Å². The fourth-order valence-electron chi connectivity index (χ4n) is 4.26. The average Bonchev–Trinajstić information content (AvgIpc) is 3.54. The Labute approximate surface area is 228 Å². The van der Waals surface area contributed by atoms with E-state index >= 15 is 0 Å². The van der Waals surface area contributed by atoms with Crippen LogP contribution in [0.5, 0.6) is 0 Å². The molecule has 16 heteroatoms. The number of carbonyl (C=O) groups is 3. The fraction of sp³-hybridized carbons (Fsp3) is 0.261. The van der Waals surface area contributed by atoms with Crippen LogP contribution in [0.4, 0.5) is 9.52 Å². The van der Waals surface area contributed by atoms with Crippen LogP contribution >= 0.6 is 23.1 Å². The van der Waals surface area contributed by atoms with Gasteiger partial charge in [0.1, 0.15) is 61.6 Å². The van der Waals surface area contributed by atoms with Crippen LogP contribution < -0.4 is 20.6 Å². The Morgan fingerprint density at radius 2 is 2.26 bits per heavy atom. The number of nitrogens with one attached hydrogen (secondary N) is 1. The zero-order valence-electron chi connectivity index (χ0n) is 19.9. The summed E-state index contributed by atoms with van der Waals surface area (Å²) in [5, 5.41) is 28.4. The fourth-order valence-corrected chi connectivity index (χ4v) is 6.14. The highest BCUT2D eigenvalue weighted by Crippen LogP contribution is 2.40. The van der Waals surface area contributed by atoms with Gasteiger partial charge in [-0.1, -0.05) is 5.16 Å². The number of β-lactam (4-membered cyclic amide) rings is 1. The molecule has 1 fully saturated rings. The number of hydrogen-bond acceptors (Lipinski definition) is 11. The average molecular weight is 571 g/mol. The number of carboxylic acids is 1. The van der Waals surface area contributed by atoms with Crippen LogP contribution in [-0.4, -0.2) is 68.4 Å². The van der Waals surface area contributed by atoms with E-state index in [9.17, 15) is 23.9 Å². The number of carbonyl (C=O) groups excluding carboxylic acids is 3. The van der Waals surface area contributed by atoms with Gasteiger partial charge in [-0.3, -0.25) is 14.5 Å². The first-order chi connectivity index (χ1) is 18.8. The molecule has 3 aromatic rings. The number of nitrogens with two attached hydrogens (primary N) is 1. The topological polar surface area (TPSA) is 183 Å². The lowest BCUT2D eigenvalue weighted by Gasteiger charge is -2.50. The molecule has 2 aliphatic heterocycles. The van der Waals surface area contributed by atoms with Crippen molar-refractivity contribution in [2.45, 2.75) is 18.0 Å². The first-order valence-corrected chi connectivity index (χ1v) is 13.3. The number of oxime groups is 1. The lowest BCUT2D eigenvalue weighted by atomic mass is 10.0. The summed E-state index contributed by atoms with van der Waals surface area (Å²) >= 11 is 2.34. The zero-order valence-corrected chi connectivity index (χ0v) is 21.6. The standard InChI is InChI=1S/C23H19FN8O5S2/c24-3-6-37-29-16(14-11-39-23(26)27-14)19(33)28-17-20(34)32-18(22(35)36)13(10-38-21(17)32)9-31-5-4-30-8-12(7-25)1-2-15(30)31/h1-2,4-5,8,11,17,21H,3,6,9-10H2,(H3-,26,27,28,33,35,36)/b29-16-/t17-,21+/m1/s1. The molecule has 0 unspecified atom stereocenters. The molecule has 1 saturated heterocycles. The molecule has 0 saturated carbocycles. The Hall–Kier alpha value is -4.49. The van der Waals surface area contributed by atoms with Crippen molar-refractivity contribution in [3.05, 3.63) is 58.6 Å². The third-order valence-corrected chi connectivity index (χ3v) is 7.99. The number of aliphatic carboxylic acids is 1. The maximum absolute atomic E-state index is 13.1. The summed E-state index contributed by atoms with van der Waals surface area (Å²) in [5.74, 6) is -2.70. The maximum atomic E-state index is 13.1. The number of nitrogens with zero attached hydrogens (tertiary/aromatic N) is 6. The van der Waals surface area contributed by atoms with Gasteiger partial charge >= 0.3 is 0 Å². The lowest BCUT2D eigenvalue weighted by molar-refractivity contribution is -0.510. The Bertz CT molecular complexity index is 1590. The molecule has 2 atom stereocenters. The Kier molecular flexibility index (Phi) is 7.17. The summed E-state index contributed by atoms with van der Waals surface area (Å²) in [6.45, 7) is -1.05. The van der Waals surface area contributed by atoms with Gasteiger partial charge in [0.2, 0.25) is 0 Å². The second-order valence-corrected chi connectivity index (χ2v) is 10.3. The van der Waals surface area contributed by atoms with Gasteiger partial charge in [0.05, 0.1) is 17.2 Å². The number of carboxylic acid groups (broad SMARTS) is 1. The van der Waals surface area contributed by atoms with Crippen LogP contribution in [0.25, 0.3) is 5.65 Å². The molecule has 0 aromatic carbocycles. The number of fused-ring (bicyclic) bond motifs is 2. The van der Waals surface area contributed by atoms with Crippen molar-refractivity contribution in [1.29, 1.82) is 5.26 Å². The summed E-state index contributed by atoms with van der Waals surface area (Å²) in [6.07, 6.45) is 5.13. The Balaban J connectivity index is 1.36. The van der Waals surface area contributed by atoms with E-state index < -0.39 is 35.9 Å². The molecule has 3 N–H and O–H groups in total. The molecule has 0 bridgehead atoms. The van der Waals surface area contributed by atoms with E-state index in [0.29, 0.717) is 11.1 Å². The minimum absolute atomic E-state index is 0.0881. The zero-order chi connectivity index (χ0) is 27.7. The van der Waals surface area contributed by atoms with Crippen LogP contribution in [0.1, 0.15) is 11.3 Å². The highest BCUT2D eigenvalue weighted by atomic mass is 32.2. The summed E-state index contributed by atoms with van der Waals surface area (Å²) in [7, 11) is 0. The number of thioether (sulfide) groups is 1. The van der Waals surface area contributed by atoms with Gasteiger partial charge in [0.15, 0.2) is 10.8 Å². The second-order valence-electron chi connectivity index (χ2n) is 8.35. The van der Waals surface area contributed by atoms with E-state index in [1.165, 1.54) is 17.1 Å².